The van der Waals surface area contributed by atoms with E-state index in [-0.39, 0.29) is 47.6 Å². The number of hydrogen-bond donors (Lipinski definition) is 2. The second-order valence-electron chi connectivity index (χ2n) is 9.92. The lowest BCUT2D eigenvalue weighted by molar-refractivity contribution is -0.140. The zero-order valence-corrected chi connectivity index (χ0v) is 21.8. The molecular formula is C24H41ClN2O5S. The minimum atomic E-state index is -0.373. The van der Waals surface area contributed by atoms with Crippen molar-refractivity contribution in [3.8, 4) is 0 Å². The summed E-state index contributed by atoms with van der Waals surface area (Å²) in [4.78, 5) is 29.9. The maximum Gasteiger partial charge on any atom is 0.407 e. The van der Waals surface area contributed by atoms with Crippen molar-refractivity contribution in [2.75, 3.05) is 18.6 Å². The summed E-state index contributed by atoms with van der Waals surface area (Å²) >= 11 is 8.32. The number of alkyl carbamates (subject to hydrolysis) is 1. The van der Waals surface area contributed by atoms with Gasteiger partial charge >= 0.3 is 12.1 Å². The maximum atomic E-state index is 12.7. The van der Waals surface area contributed by atoms with Crippen LogP contribution in [0.4, 0.5) is 4.79 Å². The Bertz CT molecular complexity index is 634. The SMILES string of the molecule is COC(=O)CCSCC1CCC(C2ONC(C)C2NC(=O)OC(C)C2CCCCC2Cl)CC1. The molecule has 1 aliphatic heterocycles. The Morgan fingerprint density at radius 1 is 1.18 bits per heavy atom. The second-order valence-corrected chi connectivity index (χ2v) is 11.6. The Labute approximate surface area is 207 Å². The number of amides is 1. The zero-order chi connectivity index (χ0) is 23.8. The van der Waals surface area contributed by atoms with E-state index < -0.39 is 0 Å². The first kappa shape index (κ1) is 26.9. The Morgan fingerprint density at radius 2 is 1.91 bits per heavy atom. The molecule has 33 heavy (non-hydrogen) atoms. The number of thioether (sulfide) groups is 1. The summed E-state index contributed by atoms with van der Waals surface area (Å²) in [6, 6.07) is -0.0845. The number of methoxy groups -OCH3 is 1. The van der Waals surface area contributed by atoms with Gasteiger partial charge in [0, 0.05) is 17.0 Å². The van der Waals surface area contributed by atoms with Crippen LogP contribution in [0.15, 0.2) is 0 Å². The minimum Gasteiger partial charge on any atom is -0.469 e. The van der Waals surface area contributed by atoms with Crippen molar-refractivity contribution in [3.63, 3.8) is 0 Å². The van der Waals surface area contributed by atoms with Crippen molar-refractivity contribution >= 4 is 35.4 Å². The van der Waals surface area contributed by atoms with Gasteiger partial charge in [0.05, 0.1) is 25.6 Å². The van der Waals surface area contributed by atoms with Crippen molar-refractivity contribution < 1.29 is 23.9 Å². The number of esters is 1. The van der Waals surface area contributed by atoms with Crippen LogP contribution in [0.25, 0.3) is 0 Å². The summed E-state index contributed by atoms with van der Waals surface area (Å²) in [5.41, 5.74) is 3.08. The number of carbonyl (C=O) groups is 2. The number of halogens is 1. The molecule has 0 bridgehead atoms. The van der Waals surface area contributed by atoms with E-state index in [9.17, 15) is 9.59 Å². The van der Waals surface area contributed by atoms with Crippen LogP contribution < -0.4 is 10.8 Å². The highest BCUT2D eigenvalue weighted by Gasteiger charge is 2.42. The van der Waals surface area contributed by atoms with Crippen LogP contribution >= 0.6 is 23.4 Å². The highest BCUT2D eigenvalue weighted by molar-refractivity contribution is 7.99. The number of nitrogens with one attached hydrogen (secondary N) is 2. The summed E-state index contributed by atoms with van der Waals surface area (Å²) in [6.07, 6.45) is 8.64. The summed E-state index contributed by atoms with van der Waals surface area (Å²) < 4.78 is 10.4. The molecule has 6 unspecified atom stereocenters. The molecule has 6 atom stereocenters. The first-order chi connectivity index (χ1) is 15.9. The highest BCUT2D eigenvalue weighted by atomic mass is 35.5. The molecule has 7 nitrogen and oxygen atoms in total. The van der Waals surface area contributed by atoms with Gasteiger partial charge in [-0.15, -0.1) is 11.6 Å². The Morgan fingerprint density at radius 3 is 2.61 bits per heavy atom. The van der Waals surface area contributed by atoms with E-state index in [0.717, 1.165) is 62.9 Å². The predicted octanol–water partition coefficient (Wildman–Crippen LogP) is 4.66. The lowest BCUT2D eigenvalue weighted by Gasteiger charge is -2.34. The number of hydroxylamine groups is 1. The van der Waals surface area contributed by atoms with E-state index >= 15 is 0 Å². The summed E-state index contributed by atoms with van der Waals surface area (Å²) in [6.45, 7) is 3.99. The predicted molar refractivity (Wildman–Crippen MR) is 131 cm³/mol. The van der Waals surface area contributed by atoms with Crippen molar-refractivity contribution in [2.24, 2.45) is 17.8 Å². The Hall–Kier alpha value is -0.700. The maximum absolute atomic E-state index is 12.7. The zero-order valence-electron chi connectivity index (χ0n) is 20.2. The molecule has 190 valence electrons. The van der Waals surface area contributed by atoms with Gasteiger partial charge in [0.2, 0.25) is 0 Å². The van der Waals surface area contributed by atoms with Crippen LogP contribution in [0, 0.1) is 17.8 Å². The first-order valence-electron chi connectivity index (χ1n) is 12.6. The van der Waals surface area contributed by atoms with E-state index in [1.807, 2.05) is 25.6 Å². The Balaban J connectivity index is 1.41. The van der Waals surface area contributed by atoms with E-state index in [4.69, 9.17) is 25.9 Å². The third kappa shape index (κ3) is 7.91. The summed E-state index contributed by atoms with van der Waals surface area (Å²) in [5.74, 6) is 3.06. The molecule has 3 aliphatic rings. The van der Waals surface area contributed by atoms with Crippen molar-refractivity contribution in [1.29, 1.82) is 0 Å². The van der Waals surface area contributed by atoms with E-state index in [2.05, 4.69) is 10.8 Å². The third-order valence-electron chi connectivity index (χ3n) is 7.58. The van der Waals surface area contributed by atoms with E-state index in [1.165, 1.54) is 7.11 Å². The van der Waals surface area contributed by atoms with Gasteiger partial charge in [0.1, 0.15) is 12.2 Å². The molecule has 9 heteroatoms. The van der Waals surface area contributed by atoms with Crippen LogP contribution in [-0.2, 0) is 19.1 Å². The third-order valence-corrected chi connectivity index (χ3v) is 9.32. The quantitative estimate of drug-likeness (QED) is 0.268. The van der Waals surface area contributed by atoms with Crippen LogP contribution in [-0.4, -0.2) is 60.3 Å². The average molecular weight is 505 g/mol. The first-order valence-corrected chi connectivity index (χ1v) is 14.1. The fraction of sp³-hybridized carbons (Fsp3) is 0.917. The van der Waals surface area contributed by atoms with Crippen molar-refractivity contribution in [2.45, 2.75) is 101 Å². The standard InChI is InChI=1S/C24H41ClN2O5S/c1-15-22(26-24(29)31-16(2)19-6-4-5-7-20(19)25)23(32-27-15)18-10-8-17(9-11-18)14-33-13-12-21(28)30-3/h15-20,22-23,27H,4-14H2,1-3H3,(H,26,29). The van der Waals surface area contributed by atoms with Crippen molar-refractivity contribution in [3.05, 3.63) is 0 Å². The van der Waals surface area contributed by atoms with Gasteiger partial charge in [0.15, 0.2) is 0 Å². The highest BCUT2D eigenvalue weighted by Crippen LogP contribution is 2.36. The molecular weight excluding hydrogens is 464 g/mol. The van der Waals surface area contributed by atoms with E-state index in [1.54, 1.807) is 0 Å². The number of alkyl halides is 1. The van der Waals surface area contributed by atoms with Gasteiger partial charge in [-0.1, -0.05) is 12.8 Å². The second kappa shape index (κ2) is 13.4. The van der Waals surface area contributed by atoms with Crippen LogP contribution in [0.3, 0.4) is 0 Å². The number of rotatable bonds is 9. The number of hydrogen-bond acceptors (Lipinski definition) is 7. The molecule has 0 aromatic carbocycles. The van der Waals surface area contributed by atoms with E-state index in [0.29, 0.717) is 18.3 Å². The van der Waals surface area contributed by atoms with Crippen LogP contribution in [0.5, 0.6) is 0 Å². The van der Waals surface area contributed by atoms with Crippen LogP contribution in [0.2, 0.25) is 0 Å². The molecule has 2 N–H and O–H groups in total. The van der Waals surface area contributed by atoms with Gasteiger partial charge in [0.25, 0.3) is 0 Å². The molecule has 0 aromatic heterocycles. The fourth-order valence-electron chi connectivity index (χ4n) is 5.47. The molecule has 3 rings (SSSR count). The van der Waals surface area contributed by atoms with Gasteiger partial charge in [-0.2, -0.15) is 17.2 Å². The van der Waals surface area contributed by atoms with Gasteiger partial charge < -0.3 is 14.8 Å². The van der Waals surface area contributed by atoms with Gasteiger partial charge in [-0.25, -0.2) is 4.79 Å². The number of carbonyl (C=O) groups excluding carboxylic acids is 2. The van der Waals surface area contributed by atoms with Gasteiger partial charge in [-0.05, 0) is 70.0 Å². The molecule has 0 aromatic rings. The largest absolute Gasteiger partial charge is 0.469 e. The van der Waals surface area contributed by atoms with Crippen LogP contribution in [0.1, 0.15) is 71.6 Å². The monoisotopic (exact) mass is 504 g/mol. The summed E-state index contributed by atoms with van der Waals surface area (Å²) in [5, 5.41) is 3.17. The fourth-order valence-corrected chi connectivity index (χ4v) is 7.10. The average Bonchev–Trinajstić information content (AvgIpc) is 3.17. The molecule has 0 spiro atoms. The molecule has 3 fully saturated rings. The lowest BCUT2D eigenvalue weighted by atomic mass is 9.78. The molecule has 1 amide bonds. The smallest absolute Gasteiger partial charge is 0.407 e. The topological polar surface area (TPSA) is 85.9 Å². The summed E-state index contributed by atoms with van der Waals surface area (Å²) in [7, 11) is 1.43. The van der Waals surface area contributed by atoms with Gasteiger partial charge in [-0.3, -0.25) is 9.63 Å². The minimum absolute atomic E-state index is 0.0277. The lowest BCUT2D eigenvalue weighted by Crippen LogP contribution is -2.50. The number of ether oxygens (including phenoxy) is 2. The Kier molecular flexibility index (Phi) is 10.9. The molecule has 1 saturated heterocycles. The normalized spacial score (nSPS) is 35.6. The van der Waals surface area contributed by atoms with Crippen molar-refractivity contribution in [1.82, 2.24) is 10.8 Å². The molecule has 2 aliphatic carbocycles. The molecule has 1 heterocycles. The molecule has 0 radical (unpaired) electrons. The molecule has 2 saturated carbocycles.